The maximum absolute atomic E-state index is 12.9. The largest absolute Gasteiger partial charge is 0.352 e. The number of nitrogens with one attached hydrogen (secondary N) is 1. The molecule has 0 aromatic carbocycles. The molecule has 29 heavy (non-hydrogen) atoms. The van der Waals surface area contributed by atoms with Crippen LogP contribution in [0.15, 0.2) is 30.1 Å². The molecule has 3 heterocycles. The maximum Gasteiger partial charge on any atom is 0.255 e. The average molecular weight is 399 g/mol. The van der Waals surface area contributed by atoms with Crippen molar-refractivity contribution in [1.82, 2.24) is 15.2 Å². The molecular formula is C22H29N3O4. The molecule has 0 saturated carbocycles. The number of amides is 2. The number of hydrogen-bond acceptors (Lipinski definition) is 5. The predicted octanol–water partition coefficient (Wildman–Crippen LogP) is 2.68. The quantitative estimate of drug-likeness (QED) is 0.770. The van der Waals surface area contributed by atoms with E-state index in [-0.39, 0.29) is 11.8 Å². The van der Waals surface area contributed by atoms with E-state index < -0.39 is 5.79 Å². The zero-order chi connectivity index (χ0) is 20.1. The third-order valence-electron chi connectivity index (χ3n) is 5.99. The number of rotatable bonds is 5. The molecule has 4 rings (SSSR count). The van der Waals surface area contributed by atoms with Crippen molar-refractivity contribution in [3.05, 3.63) is 41.2 Å². The molecule has 1 spiro atoms. The van der Waals surface area contributed by atoms with E-state index in [0.717, 1.165) is 19.3 Å². The van der Waals surface area contributed by atoms with Crippen LogP contribution in [0.5, 0.6) is 0 Å². The van der Waals surface area contributed by atoms with Gasteiger partial charge in [-0.1, -0.05) is 11.6 Å². The topological polar surface area (TPSA) is 80.8 Å². The van der Waals surface area contributed by atoms with Crippen molar-refractivity contribution < 1.29 is 19.1 Å². The van der Waals surface area contributed by atoms with Crippen molar-refractivity contribution in [3.8, 4) is 0 Å². The van der Waals surface area contributed by atoms with Crippen molar-refractivity contribution >= 4 is 11.8 Å². The smallest absolute Gasteiger partial charge is 0.255 e. The molecule has 1 aromatic heterocycles. The Morgan fingerprint density at radius 2 is 1.86 bits per heavy atom. The summed E-state index contributed by atoms with van der Waals surface area (Å²) in [7, 11) is 0. The van der Waals surface area contributed by atoms with Crippen molar-refractivity contribution in [2.45, 2.75) is 50.7 Å². The summed E-state index contributed by atoms with van der Waals surface area (Å²) in [5, 5.41) is 2.95. The van der Waals surface area contributed by atoms with Crippen LogP contribution in [0.25, 0.3) is 0 Å². The number of aromatic nitrogens is 1. The second-order valence-corrected chi connectivity index (χ2v) is 7.98. The first-order chi connectivity index (χ1) is 14.2. The van der Waals surface area contributed by atoms with E-state index in [0.29, 0.717) is 56.8 Å². The molecule has 1 aromatic rings. The summed E-state index contributed by atoms with van der Waals surface area (Å²) in [6.07, 6.45) is 12.3. The van der Waals surface area contributed by atoms with Gasteiger partial charge in [-0.05, 0) is 38.2 Å². The summed E-state index contributed by atoms with van der Waals surface area (Å²) in [5.41, 5.74) is 2.29. The standard InChI is InChI=1S/C22H29N3O4/c26-20(24-9-6-17-4-2-1-3-5-17)18-14-19(16-23-15-18)21(27)25-10-7-22(8-11-25)28-12-13-29-22/h4,14-16H,1-3,5-13H2,(H,24,26). The normalized spacial score (nSPS) is 21.1. The van der Waals surface area contributed by atoms with Gasteiger partial charge in [-0.25, -0.2) is 0 Å². The van der Waals surface area contributed by atoms with E-state index >= 15 is 0 Å². The molecule has 0 atom stereocenters. The van der Waals surface area contributed by atoms with Crippen LogP contribution in [0.3, 0.4) is 0 Å². The number of ether oxygens (including phenoxy) is 2. The molecule has 7 nitrogen and oxygen atoms in total. The lowest BCUT2D eigenvalue weighted by Crippen LogP contribution is -2.47. The minimum Gasteiger partial charge on any atom is -0.352 e. The number of hydrogen-bond donors (Lipinski definition) is 1. The van der Waals surface area contributed by atoms with Crippen LogP contribution < -0.4 is 5.32 Å². The molecule has 3 aliphatic rings. The third-order valence-corrected chi connectivity index (χ3v) is 5.99. The van der Waals surface area contributed by atoms with Crippen LogP contribution in [0, 0.1) is 0 Å². The zero-order valence-electron chi connectivity index (χ0n) is 16.8. The van der Waals surface area contributed by atoms with Gasteiger partial charge in [0.25, 0.3) is 11.8 Å². The van der Waals surface area contributed by atoms with Gasteiger partial charge in [-0.3, -0.25) is 14.6 Å². The molecule has 0 bridgehead atoms. The number of pyridine rings is 1. The minimum absolute atomic E-state index is 0.104. The minimum atomic E-state index is -0.509. The first-order valence-electron chi connectivity index (χ1n) is 10.6. The fraction of sp³-hybridized carbons (Fsp3) is 0.591. The van der Waals surface area contributed by atoms with E-state index in [9.17, 15) is 9.59 Å². The highest BCUT2D eigenvalue weighted by atomic mass is 16.7. The number of allylic oxidation sites excluding steroid dienone is 1. The van der Waals surface area contributed by atoms with Crippen LogP contribution in [-0.2, 0) is 9.47 Å². The first kappa shape index (κ1) is 20.0. The monoisotopic (exact) mass is 399 g/mol. The molecule has 1 aliphatic carbocycles. The van der Waals surface area contributed by atoms with Gasteiger partial charge in [-0.15, -0.1) is 0 Å². The Balaban J connectivity index is 1.31. The van der Waals surface area contributed by atoms with E-state index in [1.54, 1.807) is 11.0 Å². The lowest BCUT2D eigenvalue weighted by molar-refractivity contribution is -0.181. The van der Waals surface area contributed by atoms with E-state index in [1.807, 2.05) is 0 Å². The van der Waals surface area contributed by atoms with Crippen LogP contribution in [0.1, 0.15) is 65.7 Å². The summed E-state index contributed by atoms with van der Waals surface area (Å²) in [5.74, 6) is -0.800. The fourth-order valence-electron chi connectivity index (χ4n) is 4.27. The average Bonchev–Trinajstić information content (AvgIpc) is 3.22. The summed E-state index contributed by atoms with van der Waals surface area (Å²) >= 11 is 0. The van der Waals surface area contributed by atoms with Crippen molar-refractivity contribution in [2.75, 3.05) is 32.8 Å². The third kappa shape index (κ3) is 4.85. The zero-order valence-corrected chi connectivity index (χ0v) is 16.8. The maximum atomic E-state index is 12.9. The Morgan fingerprint density at radius 3 is 2.59 bits per heavy atom. The van der Waals surface area contributed by atoms with Crippen LogP contribution >= 0.6 is 0 Å². The van der Waals surface area contributed by atoms with Gasteiger partial charge in [0.2, 0.25) is 0 Å². The number of piperidine rings is 1. The summed E-state index contributed by atoms with van der Waals surface area (Å²) in [6.45, 7) is 2.99. The Bertz CT molecular complexity index is 776. The highest BCUT2D eigenvalue weighted by Gasteiger charge is 2.40. The van der Waals surface area contributed by atoms with Crippen LogP contribution in [-0.4, -0.2) is 60.3 Å². The van der Waals surface area contributed by atoms with Crippen molar-refractivity contribution in [1.29, 1.82) is 0 Å². The molecule has 7 heteroatoms. The van der Waals surface area contributed by atoms with Gasteiger partial charge in [0.15, 0.2) is 5.79 Å². The van der Waals surface area contributed by atoms with Gasteiger partial charge in [0.05, 0.1) is 24.3 Å². The van der Waals surface area contributed by atoms with E-state index in [2.05, 4.69) is 16.4 Å². The van der Waals surface area contributed by atoms with Gasteiger partial charge >= 0.3 is 0 Å². The molecule has 1 N–H and O–H groups in total. The molecule has 2 aliphatic heterocycles. The first-order valence-corrected chi connectivity index (χ1v) is 10.6. The van der Waals surface area contributed by atoms with Crippen LogP contribution in [0.2, 0.25) is 0 Å². The van der Waals surface area contributed by atoms with Gasteiger partial charge in [0, 0.05) is 44.9 Å². The number of nitrogens with zero attached hydrogens (tertiary/aromatic N) is 2. The van der Waals surface area contributed by atoms with Crippen molar-refractivity contribution in [3.63, 3.8) is 0 Å². The van der Waals surface area contributed by atoms with Crippen molar-refractivity contribution in [2.24, 2.45) is 0 Å². The van der Waals surface area contributed by atoms with Gasteiger partial charge in [-0.2, -0.15) is 0 Å². The number of likely N-dealkylation sites (tertiary alicyclic amines) is 1. The predicted molar refractivity (Wildman–Crippen MR) is 108 cm³/mol. The van der Waals surface area contributed by atoms with E-state index in [1.165, 1.54) is 30.8 Å². The Morgan fingerprint density at radius 1 is 1.10 bits per heavy atom. The Hall–Kier alpha value is -2.25. The van der Waals surface area contributed by atoms with E-state index in [4.69, 9.17) is 9.47 Å². The Labute approximate surface area is 171 Å². The number of carbonyl (C=O) groups excluding carboxylic acids is 2. The molecule has 2 fully saturated rings. The SMILES string of the molecule is O=C(NCCC1=CCCCC1)c1cncc(C(=O)N2CCC3(CC2)OCCO3)c1. The summed E-state index contributed by atoms with van der Waals surface area (Å²) in [4.78, 5) is 31.2. The molecule has 0 radical (unpaired) electrons. The molecule has 2 amide bonds. The van der Waals surface area contributed by atoms with Gasteiger partial charge < -0.3 is 19.7 Å². The fourth-order valence-corrected chi connectivity index (χ4v) is 4.27. The Kier molecular flexibility index (Phi) is 6.25. The molecule has 2 saturated heterocycles. The highest BCUT2D eigenvalue weighted by Crippen LogP contribution is 2.31. The summed E-state index contributed by atoms with van der Waals surface area (Å²) in [6, 6.07) is 1.64. The molecular weight excluding hydrogens is 370 g/mol. The lowest BCUT2D eigenvalue weighted by Gasteiger charge is -2.37. The lowest BCUT2D eigenvalue weighted by atomic mass is 9.97. The van der Waals surface area contributed by atoms with Gasteiger partial charge in [0.1, 0.15) is 0 Å². The van der Waals surface area contributed by atoms with Crippen LogP contribution in [0.4, 0.5) is 0 Å². The summed E-state index contributed by atoms with van der Waals surface area (Å²) < 4.78 is 11.4. The number of carbonyl (C=O) groups is 2. The highest BCUT2D eigenvalue weighted by molar-refractivity contribution is 5.99. The molecule has 0 unspecified atom stereocenters. The molecule has 156 valence electrons. The second-order valence-electron chi connectivity index (χ2n) is 7.98. The second kappa shape index (κ2) is 9.05.